The van der Waals surface area contributed by atoms with Gasteiger partial charge in [0.05, 0.1) is 18.2 Å². The number of ether oxygens (including phenoxy) is 1. The van der Waals surface area contributed by atoms with Crippen molar-refractivity contribution in [3.63, 3.8) is 0 Å². The standard InChI is InChI=1S/C14H18N2O3S/c1-8-11(14(17)18)13(16-12(15-8)10-4-5-10)20-7-19-6-9-2-3-9/h9-10H,2-7H2,1H3,(H,17,18). The molecule has 0 bridgehead atoms. The molecule has 2 fully saturated rings. The normalized spacial score (nSPS) is 18.2. The molecule has 0 spiro atoms. The molecule has 108 valence electrons. The molecule has 0 saturated heterocycles. The highest BCUT2D eigenvalue weighted by atomic mass is 32.2. The first-order chi connectivity index (χ1) is 9.65. The van der Waals surface area contributed by atoms with Crippen LogP contribution in [0.25, 0.3) is 0 Å². The number of hydrogen-bond acceptors (Lipinski definition) is 5. The number of carbonyl (C=O) groups is 1. The maximum Gasteiger partial charge on any atom is 0.340 e. The average molecular weight is 294 g/mol. The number of hydrogen-bond donors (Lipinski definition) is 1. The lowest BCUT2D eigenvalue weighted by Crippen LogP contribution is -2.10. The number of rotatable bonds is 7. The second-order valence-corrected chi connectivity index (χ2v) is 6.41. The summed E-state index contributed by atoms with van der Waals surface area (Å²) in [7, 11) is 0. The molecule has 0 aliphatic heterocycles. The third kappa shape index (κ3) is 3.30. The fraction of sp³-hybridized carbons (Fsp3) is 0.643. The third-order valence-electron chi connectivity index (χ3n) is 3.56. The van der Waals surface area contributed by atoms with Crippen LogP contribution in [0.4, 0.5) is 0 Å². The van der Waals surface area contributed by atoms with Gasteiger partial charge < -0.3 is 9.84 Å². The van der Waals surface area contributed by atoms with E-state index >= 15 is 0 Å². The van der Waals surface area contributed by atoms with Crippen molar-refractivity contribution in [3.05, 3.63) is 17.1 Å². The number of thioether (sulfide) groups is 1. The van der Waals surface area contributed by atoms with Crippen molar-refractivity contribution in [1.82, 2.24) is 9.97 Å². The number of carboxylic acids is 1. The Balaban J connectivity index is 1.72. The highest BCUT2D eigenvalue weighted by molar-refractivity contribution is 7.99. The highest BCUT2D eigenvalue weighted by Crippen LogP contribution is 2.39. The van der Waals surface area contributed by atoms with Crippen molar-refractivity contribution in [3.8, 4) is 0 Å². The summed E-state index contributed by atoms with van der Waals surface area (Å²) in [6.45, 7) is 2.51. The van der Waals surface area contributed by atoms with Gasteiger partial charge in [0.25, 0.3) is 0 Å². The number of nitrogens with zero attached hydrogens (tertiary/aromatic N) is 2. The molecule has 20 heavy (non-hydrogen) atoms. The Morgan fingerprint density at radius 3 is 2.70 bits per heavy atom. The van der Waals surface area contributed by atoms with E-state index in [-0.39, 0.29) is 5.56 Å². The average Bonchev–Trinajstić information content (AvgIpc) is 3.27. The Bertz CT molecular complexity index is 527. The number of carboxylic acid groups (broad SMARTS) is 1. The minimum Gasteiger partial charge on any atom is -0.478 e. The van der Waals surface area contributed by atoms with Crippen molar-refractivity contribution in [2.45, 2.75) is 43.6 Å². The van der Waals surface area contributed by atoms with Gasteiger partial charge in [-0.05, 0) is 38.5 Å². The highest BCUT2D eigenvalue weighted by Gasteiger charge is 2.29. The summed E-state index contributed by atoms with van der Waals surface area (Å²) >= 11 is 1.36. The van der Waals surface area contributed by atoms with Gasteiger partial charge in [-0.1, -0.05) is 11.8 Å². The lowest BCUT2D eigenvalue weighted by molar-refractivity contribution is 0.0690. The fourth-order valence-corrected chi connectivity index (χ4v) is 2.87. The van der Waals surface area contributed by atoms with Gasteiger partial charge in [-0.15, -0.1) is 0 Å². The smallest absolute Gasteiger partial charge is 0.340 e. The van der Waals surface area contributed by atoms with E-state index in [0.29, 0.717) is 28.5 Å². The molecule has 6 heteroatoms. The molecule has 2 aliphatic rings. The van der Waals surface area contributed by atoms with Crippen LogP contribution in [0.1, 0.15) is 53.5 Å². The molecule has 3 rings (SSSR count). The van der Waals surface area contributed by atoms with E-state index in [9.17, 15) is 9.90 Å². The predicted octanol–water partition coefficient (Wildman–Crippen LogP) is 2.84. The SMILES string of the molecule is Cc1nc(C2CC2)nc(SCOCC2CC2)c1C(=O)O. The molecular weight excluding hydrogens is 276 g/mol. The Morgan fingerprint density at radius 1 is 1.35 bits per heavy atom. The van der Waals surface area contributed by atoms with Gasteiger partial charge >= 0.3 is 5.97 Å². The van der Waals surface area contributed by atoms with Gasteiger partial charge in [-0.25, -0.2) is 14.8 Å². The minimum absolute atomic E-state index is 0.217. The van der Waals surface area contributed by atoms with Gasteiger partial charge in [-0.2, -0.15) is 0 Å². The minimum atomic E-state index is -0.963. The van der Waals surface area contributed by atoms with Crippen molar-refractivity contribution < 1.29 is 14.6 Å². The maximum atomic E-state index is 11.4. The van der Waals surface area contributed by atoms with Crippen LogP contribution in [0.3, 0.4) is 0 Å². The summed E-state index contributed by atoms with van der Waals surface area (Å²) in [5.41, 5.74) is 0.772. The van der Waals surface area contributed by atoms with Gasteiger partial charge in [0.2, 0.25) is 0 Å². The Hall–Kier alpha value is -1.14. The first-order valence-corrected chi connectivity index (χ1v) is 7.96. The van der Waals surface area contributed by atoms with Crippen LogP contribution in [0.15, 0.2) is 5.03 Å². The van der Waals surface area contributed by atoms with E-state index in [1.54, 1.807) is 6.92 Å². The second-order valence-electron chi connectivity index (χ2n) is 5.50. The van der Waals surface area contributed by atoms with Crippen molar-refractivity contribution in [1.29, 1.82) is 0 Å². The molecule has 2 aliphatic carbocycles. The van der Waals surface area contributed by atoms with Crippen LogP contribution in [-0.4, -0.2) is 33.6 Å². The number of aromatic nitrogens is 2. The zero-order chi connectivity index (χ0) is 14.1. The van der Waals surface area contributed by atoms with Crippen LogP contribution in [0.5, 0.6) is 0 Å². The molecule has 0 unspecified atom stereocenters. The Morgan fingerprint density at radius 2 is 2.10 bits per heavy atom. The molecule has 1 N–H and O–H groups in total. The quantitative estimate of drug-likeness (QED) is 0.361. The Kier molecular flexibility index (Phi) is 3.94. The van der Waals surface area contributed by atoms with Gasteiger partial charge in [-0.3, -0.25) is 0 Å². The molecular formula is C14H18N2O3S. The van der Waals surface area contributed by atoms with Crippen LogP contribution >= 0.6 is 11.8 Å². The lowest BCUT2D eigenvalue weighted by atomic mass is 10.2. The van der Waals surface area contributed by atoms with Gasteiger partial charge in [0, 0.05) is 5.92 Å². The van der Waals surface area contributed by atoms with Crippen molar-refractivity contribution in [2.75, 3.05) is 12.5 Å². The first-order valence-electron chi connectivity index (χ1n) is 6.97. The zero-order valence-corrected chi connectivity index (χ0v) is 12.3. The predicted molar refractivity (Wildman–Crippen MR) is 75.1 cm³/mol. The van der Waals surface area contributed by atoms with E-state index in [2.05, 4.69) is 9.97 Å². The summed E-state index contributed by atoms with van der Waals surface area (Å²) in [5, 5.41) is 9.86. The summed E-state index contributed by atoms with van der Waals surface area (Å²) in [6.07, 6.45) is 4.72. The summed E-state index contributed by atoms with van der Waals surface area (Å²) < 4.78 is 5.56. The van der Waals surface area contributed by atoms with Crippen LogP contribution in [0, 0.1) is 12.8 Å². The molecule has 1 aromatic rings. The van der Waals surface area contributed by atoms with E-state index in [1.807, 2.05) is 0 Å². The summed E-state index contributed by atoms with van der Waals surface area (Å²) in [4.78, 5) is 20.1. The third-order valence-corrected chi connectivity index (χ3v) is 4.41. The zero-order valence-electron chi connectivity index (χ0n) is 11.5. The fourth-order valence-electron chi connectivity index (χ4n) is 2.04. The van der Waals surface area contributed by atoms with Crippen LogP contribution in [0.2, 0.25) is 0 Å². The molecule has 0 aromatic carbocycles. The molecule has 2 saturated carbocycles. The number of aromatic carboxylic acids is 1. The lowest BCUT2D eigenvalue weighted by Gasteiger charge is -2.10. The van der Waals surface area contributed by atoms with Gasteiger partial charge in [0.15, 0.2) is 0 Å². The van der Waals surface area contributed by atoms with E-state index in [1.165, 1.54) is 24.6 Å². The van der Waals surface area contributed by atoms with E-state index in [4.69, 9.17) is 4.74 Å². The van der Waals surface area contributed by atoms with Gasteiger partial charge in [0.1, 0.15) is 16.4 Å². The molecule has 0 amide bonds. The van der Waals surface area contributed by atoms with Crippen LogP contribution < -0.4 is 0 Å². The molecule has 5 nitrogen and oxygen atoms in total. The van der Waals surface area contributed by atoms with Crippen molar-refractivity contribution in [2.24, 2.45) is 5.92 Å². The molecule has 1 heterocycles. The van der Waals surface area contributed by atoms with Crippen LogP contribution in [-0.2, 0) is 4.74 Å². The topological polar surface area (TPSA) is 72.3 Å². The van der Waals surface area contributed by atoms with E-state index < -0.39 is 5.97 Å². The molecule has 0 radical (unpaired) electrons. The number of aryl methyl sites for hydroxylation is 1. The maximum absolute atomic E-state index is 11.4. The monoisotopic (exact) mass is 294 g/mol. The Labute approximate surface area is 122 Å². The van der Waals surface area contributed by atoms with Crippen molar-refractivity contribution >= 4 is 17.7 Å². The second kappa shape index (κ2) is 5.69. The van der Waals surface area contributed by atoms with E-state index in [0.717, 1.165) is 25.3 Å². The summed E-state index contributed by atoms with van der Waals surface area (Å²) in [5.74, 6) is 1.41. The first kappa shape index (κ1) is 13.8. The largest absolute Gasteiger partial charge is 0.478 e. The molecule has 0 atom stereocenters. The molecule has 1 aromatic heterocycles. The summed E-state index contributed by atoms with van der Waals surface area (Å²) in [6, 6.07) is 0.